The van der Waals surface area contributed by atoms with E-state index in [1.807, 2.05) is 111 Å². The van der Waals surface area contributed by atoms with Gasteiger partial charge in [0.15, 0.2) is 0 Å². The highest BCUT2D eigenvalue weighted by molar-refractivity contribution is 6.02. The van der Waals surface area contributed by atoms with Crippen molar-refractivity contribution in [2.45, 2.75) is 131 Å². The summed E-state index contributed by atoms with van der Waals surface area (Å²) in [5, 5.41) is 18.2. The fourth-order valence-electron chi connectivity index (χ4n) is 7.87. The number of fused-ring (bicyclic) bond motifs is 5. The second kappa shape index (κ2) is 22.0. The lowest BCUT2D eigenvalue weighted by Gasteiger charge is -2.38. The maximum atomic E-state index is 14.9. The van der Waals surface area contributed by atoms with E-state index in [9.17, 15) is 19.2 Å². The molecule has 0 saturated heterocycles. The third-order valence-electron chi connectivity index (χ3n) is 11.5. The smallest absolute Gasteiger partial charge is 0.407 e. The lowest BCUT2D eigenvalue weighted by molar-refractivity contribution is -0.143. The van der Waals surface area contributed by atoms with E-state index in [1.54, 1.807) is 16.7 Å². The first-order chi connectivity index (χ1) is 29.3. The largest absolute Gasteiger partial charge is 0.468 e. The molecular formula is C47H71N7O8. The monoisotopic (exact) mass is 862 g/mol. The topological polar surface area (TPSA) is 175 Å². The molecule has 3 amide bonds. The van der Waals surface area contributed by atoms with Gasteiger partial charge in [0.25, 0.3) is 0 Å². The lowest BCUT2D eigenvalue weighted by Crippen LogP contribution is -2.47. The van der Waals surface area contributed by atoms with E-state index >= 15 is 0 Å². The van der Waals surface area contributed by atoms with Gasteiger partial charge in [0.1, 0.15) is 18.3 Å². The number of hydrogen-bond donors (Lipinski definition) is 3. The molecule has 1 atom stereocenters. The Bertz CT molecular complexity index is 1970. The Hall–Kier alpha value is -4.86. The predicted octanol–water partition coefficient (Wildman–Crippen LogP) is 7.07. The Morgan fingerprint density at radius 3 is 2.19 bits per heavy atom. The number of anilines is 1. The van der Waals surface area contributed by atoms with Crippen LogP contribution < -0.4 is 20.9 Å². The molecule has 15 heteroatoms. The van der Waals surface area contributed by atoms with Gasteiger partial charge >= 0.3 is 12.1 Å². The Balaban J connectivity index is 1.43. The number of esters is 1. The van der Waals surface area contributed by atoms with Crippen molar-refractivity contribution in [1.82, 2.24) is 30.9 Å². The van der Waals surface area contributed by atoms with Crippen LogP contribution in [0.1, 0.15) is 106 Å². The van der Waals surface area contributed by atoms with Crippen LogP contribution in [0.2, 0.25) is 0 Å². The number of amides is 3. The van der Waals surface area contributed by atoms with Crippen LogP contribution in [0.5, 0.6) is 0 Å². The van der Waals surface area contributed by atoms with E-state index in [4.69, 9.17) is 18.9 Å². The first kappa shape index (κ1) is 49.8. The minimum atomic E-state index is -0.936. The van der Waals surface area contributed by atoms with E-state index in [0.29, 0.717) is 63.3 Å². The number of rotatable bonds is 23. The van der Waals surface area contributed by atoms with Gasteiger partial charge in [0.2, 0.25) is 11.8 Å². The average Bonchev–Trinajstić information content (AvgIpc) is 3.63. The molecule has 15 nitrogen and oxygen atoms in total. The van der Waals surface area contributed by atoms with E-state index in [-0.39, 0.29) is 49.1 Å². The van der Waals surface area contributed by atoms with Crippen molar-refractivity contribution < 1.29 is 38.1 Å². The summed E-state index contributed by atoms with van der Waals surface area (Å²) in [6.07, 6.45) is 3.14. The molecule has 1 unspecified atom stereocenters. The first-order valence-electron chi connectivity index (χ1n) is 21.9. The van der Waals surface area contributed by atoms with Crippen molar-refractivity contribution in [2.75, 3.05) is 52.0 Å². The van der Waals surface area contributed by atoms with Crippen LogP contribution in [0.4, 0.5) is 10.5 Å². The molecule has 1 aromatic heterocycles. The van der Waals surface area contributed by atoms with Crippen LogP contribution in [0.25, 0.3) is 22.5 Å². The van der Waals surface area contributed by atoms with Crippen molar-refractivity contribution in [2.24, 2.45) is 10.8 Å². The number of benzene rings is 2. The molecule has 0 radical (unpaired) electrons. The molecule has 0 spiro atoms. The van der Waals surface area contributed by atoms with Crippen molar-refractivity contribution in [3.05, 3.63) is 54.1 Å². The number of nitrogens with zero attached hydrogens (tertiary/aromatic N) is 4. The molecule has 2 aromatic carbocycles. The quantitative estimate of drug-likeness (QED) is 0.0658. The van der Waals surface area contributed by atoms with Crippen LogP contribution in [0.15, 0.2) is 48.5 Å². The molecule has 62 heavy (non-hydrogen) atoms. The Morgan fingerprint density at radius 2 is 1.50 bits per heavy atom. The number of ether oxygens (including phenoxy) is 4. The fraction of sp³-hybridized carbons (Fsp3) is 0.617. The molecule has 4 rings (SSSR count). The van der Waals surface area contributed by atoms with Crippen LogP contribution in [-0.2, 0) is 46.4 Å². The lowest BCUT2D eigenvalue weighted by atomic mass is 9.73. The molecule has 0 saturated carbocycles. The molecule has 3 N–H and O–H groups in total. The number of carbonyl (C=O) groups excluding carboxylic acids is 4. The molecule has 3 aromatic rings. The SMILES string of the molecule is CCNC(CCCCNC(=O)OCCn1nnc2c1-c1ccccc1CN(C(=O)C(C)(C)CC(C)(C)C(=O)NCCC(C)(C)OCCC(C)(C)OC)c1ccccc1-2)C(=O)OC. The van der Waals surface area contributed by atoms with Gasteiger partial charge in [-0.15, -0.1) is 5.10 Å². The van der Waals surface area contributed by atoms with Crippen LogP contribution in [0, 0.1) is 10.8 Å². The van der Waals surface area contributed by atoms with Crippen molar-refractivity contribution in [3.63, 3.8) is 0 Å². The molecule has 1 aliphatic heterocycles. The number of alkyl carbamates (subject to hydrolysis) is 1. The van der Waals surface area contributed by atoms with Crippen molar-refractivity contribution in [3.8, 4) is 22.5 Å². The maximum absolute atomic E-state index is 14.9. The number of carbonyl (C=O) groups is 4. The third kappa shape index (κ3) is 13.6. The number of methoxy groups -OCH3 is 2. The number of hydrogen-bond acceptors (Lipinski definition) is 11. The molecule has 0 fully saturated rings. The van der Waals surface area contributed by atoms with Gasteiger partial charge in [0.05, 0.1) is 49.4 Å². The van der Waals surface area contributed by atoms with E-state index in [2.05, 4.69) is 26.3 Å². The number of likely N-dealkylation sites (N-methyl/N-ethyl adjacent to an activating group) is 1. The van der Waals surface area contributed by atoms with Gasteiger partial charge in [-0.1, -0.05) is 82.3 Å². The second-order valence-corrected chi connectivity index (χ2v) is 18.5. The molecule has 0 bridgehead atoms. The van der Waals surface area contributed by atoms with Gasteiger partial charge in [0, 0.05) is 42.2 Å². The minimum absolute atomic E-state index is 0.0529. The summed E-state index contributed by atoms with van der Waals surface area (Å²) in [5.74, 6) is -0.539. The Kier molecular flexibility index (Phi) is 17.6. The van der Waals surface area contributed by atoms with Gasteiger partial charge in [-0.25, -0.2) is 9.48 Å². The van der Waals surface area contributed by atoms with Gasteiger partial charge in [-0.2, -0.15) is 0 Å². The third-order valence-corrected chi connectivity index (χ3v) is 11.5. The summed E-state index contributed by atoms with van der Waals surface area (Å²) in [6, 6.07) is 15.2. The number of aromatic nitrogens is 3. The zero-order valence-corrected chi connectivity index (χ0v) is 38.9. The highest BCUT2D eigenvalue weighted by Crippen LogP contribution is 2.44. The standard InChI is InChI=1S/C47H71N7O8/c1-12-48-36(40(55)59-10)22-17-18-26-50-43(58)61-30-28-54-39-34-20-14-13-19-33(34)31-53(37-23-16-15-21-35(37)38(39)51-52-54)42(57)45(4,5)32-44(2,3)41(56)49-27-24-47(8,9)62-29-25-46(6,7)60-11/h13-16,19-21,23,36,48H,12,17-18,22,24-32H2,1-11H3,(H,49,56)(H,50,58). The Labute approximate surface area is 368 Å². The molecule has 1 aliphatic rings. The molecule has 342 valence electrons. The summed E-state index contributed by atoms with van der Waals surface area (Å²) < 4.78 is 23.8. The highest BCUT2D eigenvalue weighted by Gasteiger charge is 2.42. The first-order valence-corrected chi connectivity index (χ1v) is 21.9. The maximum Gasteiger partial charge on any atom is 0.407 e. The second-order valence-electron chi connectivity index (χ2n) is 18.5. The van der Waals surface area contributed by atoms with Gasteiger partial charge in [-0.05, 0) is 84.4 Å². The van der Waals surface area contributed by atoms with Gasteiger partial charge in [-0.3, -0.25) is 14.4 Å². The van der Waals surface area contributed by atoms with Crippen molar-refractivity contribution >= 4 is 29.6 Å². The van der Waals surface area contributed by atoms with E-state index in [0.717, 1.165) is 35.2 Å². The van der Waals surface area contributed by atoms with E-state index in [1.165, 1.54) is 7.11 Å². The molecular weight excluding hydrogens is 791 g/mol. The molecule has 0 aliphatic carbocycles. The summed E-state index contributed by atoms with van der Waals surface area (Å²) in [5.41, 5.74) is 2.04. The normalized spacial score (nSPS) is 13.5. The van der Waals surface area contributed by atoms with Crippen molar-refractivity contribution in [1.29, 1.82) is 0 Å². The van der Waals surface area contributed by atoms with Gasteiger partial charge < -0.3 is 39.8 Å². The van der Waals surface area contributed by atoms with Crippen LogP contribution in [0.3, 0.4) is 0 Å². The summed E-state index contributed by atoms with van der Waals surface area (Å²) in [4.78, 5) is 54.9. The average molecular weight is 862 g/mol. The summed E-state index contributed by atoms with van der Waals surface area (Å²) >= 11 is 0. The number of nitrogens with one attached hydrogen (secondary N) is 3. The Morgan fingerprint density at radius 1 is 0.806 bits per heavy atom. The summed E-state index contributed by atoms with van der Waals surface area (Å²) in [6.45, 7) is 20.2. The highest BCUT2D eigenvalue weighted by atomic mass is 16.5. The number of unbranched alkanes of at least 4 members (excludes halogenated alkanes) is 1. The van der Waals surface area contributed by atoms with E-state index < -0.39 is 22.5 Å². The minimum Gasteiger partial charge on any atom is -0.468 e. The summed E-state index contributed by atoms with van der Waals surface area (Å²) in [7, 11) is 3.07. The predicted molar refractivity (Wildman–Crippen MR) is 240 cm³/mol. The number of para-hydroxylation sites is 1. The fourth-order valence-corrected chi connectivity index (χ4v) is 7.87. The molecule has 2 heterocycles. The zero-order valence-electron chi connectivity index (χ0n) is 38.9. The van der Waals surface area contributed by atoms with Crippen LogP contribution in [-0.4, -0.2) is 103 Å². The zero-order chi connectivity index (χ0) is 45.7. The van der Waals surface area contributed by atoms with Crippen LogP contribution >= 0.6 is 0 Å².